The second-order valence-electron chi connectivity index (χ2n) is 11.3. The molecule has 3 heterocycles. The van der Waals surface area contributed by atoms with Crippen LogP contribution in [0.2, 0.25) is 18.1 Å². The van der Waals surface area contributed by atoms with Crippen LogP contribution in [0.3, 0.4) is 0 Å². The van der Waals surface area contributed by atoms with Gasteiger partial charge in [0.1, 0.15) is 0 Å². The molecule has 0 spiro atoms. The number of carbonyl (C=O) groups excluding carboxylic acids is 1. The van der Waals surface area contributed by atoms with E-state index < -0.39 is 14.5 Å². The minimum atomic E-state index is -1.82. The molecule has 10 heteroatoms. The van der Waals surface area contributed by atoms with Gasteiger partial charge in [0.15, 0.2) is 26.2 Å². The van der Waals surface area contributed by atoms with Gasteiger partial charge in [0.25, 0.3) is 0 Å². The average Bonchev–Trinajstić information content (AvgIpc) is 2.87. The number of hydrogen-bond donors (Lipinski definition) is 1. The number of methoxy groups -OCH3 is 1. The maximum absolute atomic E-state index is 11.9. The molecule has 0 bridgehead atoms. The number of anilines is 1. The van der Waals surface area contributed by atoms with E-state index in [2.05, 4.69) is 43.8 Å². The van der Waals surface area contributed by atoms with Crippen molar-refractivity contribution in [1.82, 2.24) is 14.9 Å². The zero-order valence-electron chi connectivity index (χ0n) is 23.2. The minimum absolute atomic E-state index is 0.161. The van der Waals surface area contributed by atoms with E-state index in [1.807, 2.05) is 40.3 Å². The lowest BCUT2D eigenvalue weighted by Crippen LogP contribution is -2.59. The Morgan fingerprint density at radius 2 is 1.79 bits per heavy atom. The van der Waals surface area contributed by atoms with Gasteiger partial charge in [0.2, 0.25) is 0 Å². The van der Waals surface area contributed by atoms with Gasteiger partial charge in [-0.1, -0.05) is 20.8 Å². The van der Waals surface area contributed by atoms with E-state index in [-0.39, 0.29) is 16.9 Å². The monoisotopic (exact) mass is 537 g/mol. The second-order valence-corrected chi connectivity index (χ2v) is 16.1. The van der Waals surface area contributed by atoms with Crippen molar-refractivity contribution < 1.29 is 19.1 Å². The number of hydrogen-bond acceptors (Lipinski definition) is 9. The van der Waals surface area contributed by atoms with E-state index in [0.29, 0.717) is 37.8 Å². The number of allylic oxidation sites excluding steroid dienone is 1. The Kier molecular flexibility index (Phi) is 8.34. The van der Waals surface area contributed by atoms with Gasteiger partial charge in [-0.15, -0.1) is 0 Å². The number of aliphatic imine (C=N–C) groups is 1. The van der Waals surface area contributed by atoms with Crippen LogP contribution in [0.1, 0.15) is 33.6 Å². The van der Waals surface area contributed by atoms with Crippen LogP contribution in [0.5, 0.6) is 0 Å². The molecule has 2 aromatic rings. The second kappa shape index (κ2) is 11.3. The Morgan fingerprint density at radius 1 is 1.13 bits per heavy atom. The summed E-state index contributed by atoms with van der Waals surface area (Å²) in [6.07, 6.45) is 5.91. The summed E-state index contributed by atoms with van der Waals surface area (Å²) in [7, 11) is -0.421. The van der Waals surface area contributed by atoms with E-state index in [9.17, 15) is 9.90 Å². The van der Waals surface area contributed by atoms with Gasteiger partial charge in [-0.2, -0.15) is 0 Å². The summed E-state index contributed by atoms with van der Waals surface area (Å²) in [4.78, 5) is 29.2. The summed E-state index contributed by atoms with van der Waals surface area (Å²) in [6.45, 7) is 12.8. The van der Waals surface area contributed by atoms with Gasteiger partial charge in [-0.05, 0) is 61.3 Å². The van der Waals surface area contributed by atoms with Crippen molar-refractivity contribution in [2.24, 2.45) is 10.9 Å². The van der Waals surface area contributed by atoms with Crippen LogP contribution < -0.4 is 4.90 Å². The largest absolute Gasteiger partial charge is 0.469 e. The maximum Gasteiger partial charge on any atom is 0.312 e. The number of aromatic nitrogens is 2. The molecule has 38 heavy (non-hydrogen) atoms. The molecule has 2 aliphatic rings. The fourth-order valence-electron chi connectivity index (χ4n) is 4.17. The third-order valence-corrected chi connectivity index (χ3v) is 12.2. The molecule has 2 aliphatic heterocycles. The van der Waals surface area contributed by atoms with Crippen molar-refractivity contribution >= 4 is 25.8 Å². The fraction of sp³-hybridized carbons (Fsp3) is 0.500. The topological polar surface area (TPSA) is 100 Å². The van der Waals surface area contributed by atoms with Crippen LogP contribution >= 0.6 is 0 Å². The number of ether oxygens (including phenoxy) is 1. The normalized spacial score (nSPS) is 18.6. The average molecular weight is 538 g/mol. The molecule has 1 unspecified atom stereocenters. The lowest BCUT2D eigenvalue weighted by molar-refractivity contribution is -0.149. The zero-order valence-corrected chi connectivity index (χ0v) is 24.2. The van der Waals surface area contributed by atoms with Gasteiger partial charge >= 0.3 is 5.97 Å². The molecule has 4 rings (SSSR count). The third kappa shape index (κ3) is 6.14. The molecule has 1 atom stereocenters. The minimum Gasteiger partial charge on any atom is -0.469 e. The molecule has 1 fully saturated rings. The lowest BCUT2D eigenvalue weighted by atomic mass is 9.99. The fourth-order valence-corrected chi connectivity index (χ4v) is 5.26. The Balaban J connectivity index is 1.51. The van der Waals surface area contributed by atoms with Crippen molar-refractivity contribution in [3.05, 3.63) is 54.6 Å². The van der Waals surface area contributed by atoms with Crippen LogP contribution in [0, 0.1) is 5.92 Å². The number of benzene rings is 1. The number of amidine groups is 1. The standard InChI is InChI=1S/C28H39N5O4Si/c1-28(2,3)38(5,6)37-16-7-9-22-19-33(23-12-10-20(11-13-23)24-29-14-8-15-30-24)26(34)25(31-22)32-17-21(18-32)27(35)36-4/h8,10-15,19,21,26,34H,7,9,16-18H2,1-6H3. The summed E-state index contributed by atoms with van der Waals surface area (Å²) in [6, 6.07) is 9.56. The van der Waals surface area contributed by atoms with Crippen molar-refractivity contribution in [2.45, 2.75) is 58.0 Å². The van der Waals surface area contributed by atoms with Gasteiger partial charge < -0.3 is 24.1 Å². The molecular formula is C28H39N5O4Si. The van der Waals surface area contributed by atoms with Crippen LogP contribution in [0.4, 0.5) is 5.69 Å². The Morgan fingerprint density at radius 3 is 2.39 bits per heavy atom. The number of carbonyl (C=O) groups is 1. The number of nitrogens with zero attached hydrogens (tertiary/aromatic N) is 5. The van der Waals surface area contributed by atoms with E-state index >= 15 is 0 Å². The SMILES string of the molecule is COC(=O)C1CN(C2=NC(CCCO[Si](C)(C)C(C)(C)C)=CN(c3ccc(-c4ncccn4)cc3)C2O)C1. The summed E-state index contributed by atoms with van der Waals surface area (Å²) in [5.41, 5.74) is 2.58. The molecule has 1 saturated heterocycles. The summed E-state index contributed by atoms with van der Waals surface area (Å²) < 4.78 is 11.2. The third-order valence-electron chi connectivity index (χ3n) is 7.62. The lowest BCUT2D eigenvalue weighted by Gasteiger charge is -2.44. The Hall–Kier alpha value is -3.08. The molecule has 1 aromatic heterocycles. The summed E-state index contributed by atoms with van der Waals surface area (Å²) in [5.74, 6) is 0.749. The molecule has 9 nitrogen and oxygen atoms in total. The molecule has 204 valence electrons. The number of aliphatic hydroxyl groups excluding tert-OH is 1. The Labute approximate surface area is 226 Å². The van der Waals surface area contributed by atoms with E-state index in [1.54, 1.807) is 18.5 Å². The maximum atomic E-state index is 11.9. The number of likely N-dealkylation sites (tertiary alicyclic amines) is 1. The van der Waals surface area contributed by atoms with Gasteiger partial charge in [0.05, 0.1) is 18.7 Å². The molecule has 1 N–H and O–H groups in total. The molecule has 0 amide bonds. The number of esters is 1. The van der Waals surface area contributed by atoms with Crippen LogP contribution in [-0.2, 0) is 14.0 Å². The highest BCUT2D eigenvalue weighted by Crippen LogP contribution is 2.37. The quantitative estimate of drug-likeness (QED) is 0.300. The van der Waals surface area contributed by atoms with Crippen LogP contribution in [0.15, 0.2) is 59.6 Å². The first-order chi connectivity index (χ1) is 18.0. The molecule has 0 radical (unpaired) electrons. The summed E-state index contributed by atoms with van der Waals surface area (Å²) in [5, 5.41) is 11.5. The number of rotatable bonds is 8. The Bertz CT molecular complexity index is 1170. The molecule has 1 aromatic carbocycles. The highest BCUT2D eigenvalue weighted by Gasteiger charge is 2.40. The van der Waals surface area contributed by atoms with Gasteiger partial charge in [0, 0.05) is 49.5 Å². The predicted molar refractivity (Wildman–Crippen MR) is 151 cm³/mol. The molecule has 0 saturated carbocycles. The van der Waals surface area contributed by atoms with E-state index in [4.69, 9.17) is 14.2 Å². The van der Waals surface area contributed by atoms with Crippen molar-refractivity contribution in [1.29, 1.82) is 0 Å². The molecular weight excluding hydrogens is 498 g/mol. The first-order valence-corrected chi connectivity index (χ1v) is 16.0. The van der Waals surface area contributed by atoms with Crippen molar-refractivity contribution in [2.75, 3.05) is 31.7 Å². The van der Waals surface area contributed by atoms with Gasteiger partial charge in [-0.3, -0.25) is 4.79 Å². The molecule has 0 aliphatic carbocycles. The highest BCUT2D eigenvalue weighted by atomic mass is 28.4. The van der Waals surface area contributed by atoms with Gasteiger partial charge in [-0.25, -0.2) is 15.0 Å². The number of aliphatic hydroxyl groups is 1. The van der Waals surface area contributed by atoms with Crippen LogP contribution in [0.25, 0.3) is 11.4 Å². The zero-order chi connectivity index (χ0) is 27.5. The smallest absolute Gasteiger partial charge is 0.312 e. The first kappa shape index (κ1) is 27.9. The highest BCUT2D eigenvalue weighted by molar-refractivity contribution is 6.74. The van der Waals surface area contributed by atoms with Crippen molar-refractivity contribution in [3.63, 3.8) is 0 Å². The summed E-state index contributed by atoms with van der Waals surface area (Å²) >= 11 is 0. The van der Waals surface area contributed by atoms with Crippen LogP contribution in [-0.4, -0.2) is 73.1 Å². The van der Waals surface area contributed by atoms with E-state index in [1.165, 1.54) is 7.11 Å². The first-order valence-electron chi connectivity index (χ1n) is 13.1. The predicted octanol–water partition coefficient (Wildman–Crippen LogP) is 4.43. The van der Waals surface area contributed by atoms with E-state index in [0.717, 1.165) is 23.4 Å². The van der Waals surface area contributed by atoms with Crippen molar-refractivity contribution in [3.8, 4) is 11.4 Å².